The van der Waals surface area contributed by atoms with Crippen LogP contribution in [0.1, 0.15) is 45.6 Å². The topological polar surface area (TPSA) is 92.3 Å². The number of rotatable bonds is 5. The fraction of sp³-hybridized carbons (Fsp3) is 0.174. The standard InChI is InChI=1S/C23H19ClN2O4/c1-13-17(12-25)22(28)26(14(2)15-7-5-4-6-8-15)23(29)20(13)21(27)16-9-10-19(30-3)18(24)11-16/h4-11,14,29H,1-3H3. The average Bonchev–Trinajstić information content (AvgIpc) is 2.74. The number of benzene rings is 2. The molecular formula is C23H19ClN2O4. The number of nitriles is 1. The number of pyridine rings is 1. The van der Waals surface area contributed by atoms with E-state index in [0.29, 0.717) is 5.75 Å². The smallest absolute Gasteiger partial charge is 0.272 e. The van der Waals surface area contributed by atoms with Gasteiger partial charge in [-0.2, -0.15) is 5.26 Å². The second kappa shape index (κ2) is 8.44. The van der Waals surface area contributed by atoms with Crippen molar-refractivity contribution in [2.45, 2.75) is 19.9 Å². The van der Waals surface area contributed by atoms with Crippen molar-refractivity contribution in [3.63, 3.8) is 0 Å². The van der Waals surface area contributed by atoms with Crippen LogP contribution in [0.3, 0.4) is 0 Å². The van der Waals surface area contributed by atoms with Gasteiger partial charge in [-0.25, -0.2) is 0 Å². The van der Waals surface area contributed by atoms with Crippen molar-refractivity contribution in [1.82, 2.24) is 4.57 Å². The SMILES string of the molecule is COc1ccc(C(=O)c2c(C)c(C#N)c(=O)n(C(C)c3ccccc3)c2O)cc1Cl. The summed E-state index contributed by atoms with van der Waals surface area (Å²) >= 11 is 6.14. The first-order chi connectivity index (χ1) is 14.3. The van der Waals surface area contributed by atoms with Crippen molar-refractivity contribution in [2.75, 3.05) is 7.11 Å². The van der Waals surface area contributed by atoms with Crippen molar-refractivity contribution in [2.24, 2.45) is 0 Å². The molecule has 0 spiro atoms. The van der Waals surface area contributed by atoms with E-state index in [1.807, 2.05) is 12.1 Å². The number of hydrogen-bond acceptors (Lipinski definition) is 5. The van der Waals surface area contributed by atoms with Crippen LogP contribution in [0.15, 0.2) is 53.3 Å². The number of aromatic nitrogens is 1. The van der Waals surface area contributed by atoms with Crippen molar-refractivity contribution >= 4 is 17.4 Å². The van der Waals surface area contributed by atoms with Crippen molar-refractivity contribution in [3.8, 4) is 17.7 Å². The molecule has 1 unspecified atom stereocenters. The number of nitrogens with zero attached hydrogens (tertiary/aromatic N) is 2. The third-order valence-electron chi connectivity index (χ3n) is 5.06. The maximum Gasteiger partial charge on any atom is 0.272 e. The van der Waals surface area contributed by atoms with Gasteiger partial charge in [0.15, 0.2) is 5.78 Å². The number of carbonyl (C=O) groups is 1. The Balaban J connectivity index is 2.25. The molecule has 3 rings (SSSR count). The summed E-state index contributed by atoms with van der Waals surface area (Å²) in [5.41, 5.74) is 0.0875. The fourth-order valence-corrected chi connectivity index (χ4v) is 3.64. The number of ether oxygens (including phenoxy) is 1. The molecule has 2 aromatic carbocycles. The molecule has 3 aromatic rings. The number of ketones is 1. The number of methoxy groups -OCH3 is 1. The van der Waals surface area contributed by atoms with E-state index in [1.54, 1.807) is 31.2 Å². The van der Waals surface area contributed by atoms with E-state index in [0.717, 1.165) is 10.1 Å². The zero-order chi connectivity index (χ0) is 22.0. The van der Waals surface area contributed by atoms with Gasteiger partial charge in [-0.1, -0.05) is 41.9 Å². The zero-order valence-corrected chi connectivity index (χ0v) is 17.4. The molecule has 7 heteroatoms. The largest absolute Gasteiger partial charge is 0.495 e. The van der Waals surface area contributed by atoms with Crippen LogP contribution in [-0.2, 0) is 0 Å². The Morgan fingerprint density at radius 1 is 1.23 bits per heavy atom. The van der Waals surface area contributed by atoms with Gasteiger partial charge in [0, 0.05) is 5.56 Å². The van der Waals surface area contributed by atoms with E-state index >= 15 is 0 Å². The molecule has 1 aromatic heterocycles. The van der Waals surface area contributed by atoms with E-state index in [1.165, 1.54) is 32.2 Å². The van der Waals surface area contributed by atoms with Gasteiger partial charge >= 0.3 is 0 Å². The van der Waals surface area contributed by atoms with Crippen LogP contribution < -0.4 is 10.3 Å². The summed E-state index contributed by atoms with van der Waals surface area (Å²) in [6, 6.07) is 14.8. The lowest BCUT2D eigenvalue weighted by molar-refractivity contribution is 0.103. The molecule has 0 amide bonds. The average molecular weight is 423 g/mol. The predicted molar refractivity (Wildman–Crippen MR) is 114 cm³/mol. The van der Waals surface area contributed by atoms with Crippen LogP contribution in [0.5, 0.6) is 11.6 Å². The Morgan fingerprint density at radius 3 is 2.47 bits per heavy atom. The van der Waals surface area contributed by atoms with E-state index in [-0.39, 0.29) is 27.3 Å². The molecule has 0 aliphatic heterocycles. The molecule has 0 radical (unpaired) electrons. The highest BCUT2D eigenvalue weighted by molar-refractivity contribution is 6.32. The van der Waals surface area contributed by atoms with Crippen molar-refractivity contribution in [3.05, 3.63) is 91.7 Å². The van der Waals surface area contributed by atoms with Gasteiger partial charge in [-0.3, -0.25) is 14.2 Å². The molecule has 0 aliphatic carbocycles. The summed E-state index contributed by atoms with van der Waals surface area (Å²) in [4.78, 5) is 26.2. The molecule has 1 N–H and O–H groups in total. The number of halogens is 1. The van der Waals surface area contributed by atoms with Crippen molar-refractivity contribution < 1.29 is 14.6 Å². The zero-order valence-electron chi connectivity index (χ0n) is 16.6. The minimum Gasteiger partial charge on any atom is -0.495 e. The number of hydrogen-bond donors (Lipinski definition) is 1. The molecule has 0 bridgehead atoms. The summed E-state index contributed by atoms with van der Waals surface area (Å²) < 4.78 is 6.17. The molecule has 152 valence electrons. The van der Waals surface area contributed by atoms with E-state index < -0.39 is 23.3 Å². The van der Waals surface area contributed by atoms with Gasteiger partial charge in [0.1, 0.15) is 17.4 Å². The molecule has 0 saturated heterocycles. The van der Waals surface area contributed by atoms with Crippen LogP contribution in [0.25, 0.3) is 0 Å². The summed E-state index contributed by atoms with van der Waals surface area (Å²) in [5.74, 6) is -0.653. The summed E-state index contributed by atoms with van der Waals surface area (Å²) in [6.45, 7) is 3.18. The first-order valence-electron chi connectivity index (χ1n) is 9.13. The Bertz CT molecular complexity index is 1230. The Hall–Kier alpha value is -3.56. The first-order valence-corrected chi connectivity index (χ1v) is 9.50. The predicted octanol–water partition coefficient (Wildman–Crippen LogP) is 4.24. The highest BCUT2D eigenvalue weighted by atomic mass is 35.5. The van der Waals surface area contributed by atoms with Gasteiger partial charge in [0.05, 0.1) is 23.7 Å². The van der Waals surface area contributed by atoms with Gasteiger partial charge in [-0.15, -0.1) is 0 Å². The number of carbonyl (C=O) groups excluding carboxylic acids is 1. The molecule has 30 heavy (non-hydrogen) atoms. The maximum atomic E-state index is 13.2. The number of aromatic hydroxyl groups is 1. The normalized spacial score (nSPS) is 11.6. The lowest BCUT2D eigenvalue weighted by Crippen LogP contribution is -2.29. The van der Waals surface area contributed by atoms with E-state index in [4.69, 9.17) is 16.3 Å². The summed E-state index contributed by atoms with van der Waals surface area (Å²) in [6.07, 6.45) is 0. The van der Waals surface area contributed by atoms with Crippen LogP contribution in [-0.4, -0.2) is 22.6 Å². The monoisotopic (exact) mass is 422 g/mol. The minimum atomic E-state index is -0.659. The fourth-order valence-electron chi connectivity index (χ4n) is 3.39. The molecule has 1 atom stereocenters. The second-order valence-electron chi connectivity index (χ2n) is 6.75. The van der Waals surface area contributed by atoms with Gasteiger partial charge in [-0.05, 0) is 43.2 Å². The van der Waals surface area contributed by atoms with Crippen LogP contribution >= 0.6 is 11.6 Å². The van der Waals surface area contributed by atoms with Crippen LogP contribution in [0.2, 0.25) is 5.02 Å². The third-order valence-corrected chi connectivity index (χ3v) is 5.35. The van der Waals surface area contributed by atoms with Crippen LogP contribution in [0, 0.1) is 18.3 Å². The molecule has 0 saturated carbocycles. The van der Waals surface area contributed by atoms with Gasteiger partial charge in [0.25, 0.3) is 5.56 Å². The Kier molecular flexibility index (Phi) is 5.95. The van der Waals surface area contributed by atoms with Gasteiger partial charge < -0.3 is 9.84 Å². The van der Waals surface area contributed by atoms with Crippen LogP contribution in [0.4, 0.5) is 0 Å². The molecular weight excluding hydrogens is 404 g/mol. The highest BCUT2D eigenvalue weighted by Gasteiger charge is 2.27. The van der Waals surface area contributed by atoms with Crippen molar-refractivity contribution in [1.29, 1.82) is 5.26 Å². The Labute approximate surface area is 178 Å². The molecule has 1 heterocycles. The molecule has 6 nitrogen and oxygen atoms in total. The summed E-state index contributed by atoms with van der Waals surface area (Å²) in [5, 5.41) is 20.8. The lowest BCUT2D eigenvalue weighted by Gasteiger charge is -2.21. The van der Waals surface area contributed by atoms with E-state index in [2.05, 4.69) is 0 Å². The minimum absolute atomic E-state index is 0.116. The summed E-state index contributed by atoms with van der Waals surface area (Å²) in [7, 11) is 1.46. The van der Waals surface area contributed by atoms with Gasteiger partial charge in [0.2, 0.25) is 5.88 Å². The lowest BCUT2D eigenvalue weighted by atomic mass is 9.96. The first kappa shape index (κ1) is 21.2. The molecule has 0 aliphatic rings. The van der Waals surface area contributed by atoms with E-state index in [9.17, 15) is 20.0 Å². The highest BCUT2D eigenvalue weighted by Crippen LogP contribution is 2.31. The quantitative estimate of drug-likeness (QED) is 0.621. The Morgan fingerprint density at radius 2 is 1.90 bits per heavy atom. The second-order valence-corrected chi connectivity index (χ2v) is 7.16. The third kappa shape index (κ3) is 3.56. The maximum absolute atomic E-state index is 13.2. The molecule has 0 fully saturated rings.